The van der Waals surface area contributed by atoms with E-state index in [1.165, 1.54) is 6.92 Å². The van der Waals surface area contributed by atoms with Crippen molar-refractivity contribution in [2.45, 2.75) is 45.0 Å². The highest BCUT2D eigenvalue weighted by atomic mass is 16.6. The molecule has 3 aliphatic rings. The van der Waals surface area contributed by atoms with Crippen LogP contribution in [0.1, 0.15) is 26.7 Å². The molecule has 0 aromatic rings. The molecule has 0 spiro atoms. The zero-order chi connectivity index (χ0) is 20.0. The lowest BCUT2D eigenvalue weighted by molar-refractivity contribution is -0.149. The third-order valence-corrected chi connectivity index (χ3v) is 5.66. The molecule has 0 aromatic carbocycles. The van der Waals surface area contributed by atoms with E-state index >= 15 is 0 Å². The van der Waals surface area contributed by atoms with E-state index in [1.807, 2.05) is 0 Å². The zero-order valence-electron chi connectivity index (χ0n) is 15.7. The smallest absolute Gasteiger partial charge is 0.334 e. The highest BCUT2D eigenvalue weighted by Gasteiger charge is 2.57. The second-order valence-electron chi connectivity index (χ2n) is 7.55. The fraction of sp³-hybridized carbons (Fsp3) is 0.476. The summed E-state index contributed by atoms with van der Waals surface area (Å²) in [5, 5.41) is 0. The highest BCUT2D eigenvalue weighted by molar-refractivity contribution is 5.91. The molecule has 0 bridgehead atoms. The van der Waals surface area contributed by atoms with Gasteiger partial charge >= 0.3 is 17.9 Å². The van der Waals surface area contributed by atoms with Crippen molar-refractivity contribution in [3.63, 3.8) is 0 Å². The Hall–Kier alpha value is -2.63. The van der Waals surface area contributed by atoms with Crippen molar-refractivity contribution >= 4 is 17.9 Å². The van der Waals surface area contributed by atoms with Gasteiger partial charge in [-0.1, -0.05) is 31.9 Å². The summed E-state index contributed by atoms with van der Waals surface area (Å²) in [4.78, 5) is 35.8. The number of hydrogen-bond donors (Lipinski definition) is 0. The Labute approximate surface area is 158 Å². The van der Waals surface area contributed by atoms with Crippen molar-refractivity contribution < 1.29 is 28.6 Å². The Balaban J connectivity index is 1.96. The number of fused-ring (bicyclic) bond motifs is 3. The van der Waals surface area contributed by atoms with Gasteiger partial charge in [0, 0.05) is 30.4 Å². The molecule has 6 nitrogen and oxygen atoms in total. The quantitative estimate of drug-likeness (QED) is 0.328. The van der Waals surface area contributed by atoms with Crippen LogP contribution in [0.5, 0.6) is 0 Å². The van der Waals surface area contributed by atoms with E-state index in [0.717, 1.165) is 5.57 Å². The first-order chi connectivity index (χ1) is 12.6. The fourth-order valence-electron chi connectivity index (χ4n) is 4.42. The Morgan fingerprint density at radius 1 is 1.11 bits per heavy atom. The summed E-state index contributed by atoms with van der Waals surface area (Å²) in [5.74, 6) is -2.26. The van der Waals surface area contributed by atoms with Crippen molar-refractivity contribution in [2.75, 3.05) is 0 Å². The van der Waals surface area contributed by atoms with Gasteiger partial charge in [0.25, 0.3) is 0 Å². The lowest BCUT2D eigenvalue weighted by atomic mass is 9.81. The minimum atomic E-state index is -0.615. The van der Waals surface area contributed by atoms with Crippen molar-refractivity contribution in [1.82, 2.24) is 0 Å². The second kappa shape index (κ2) is 6.83. The number of ether oxygens (including phenoxy) is 3. The predicted molar refractivity (Wildman–Crippen MR) is 97.3 cm³/mol. The van der Waals surface area contributed by atoms with Crippen LogP contribution in [-0.2, 0) is 28.6 Å². The second-order valence-corrected chi connectivity index (χ2v) is 7.55. The van der Waals surface area contributed by atoms with Gasteiger partial charge in [0.15, 0.2) is 0 Å². The summed E-state index contributed by atoms with van der Waals surface area (Å²) < 4.78 is 16.6. The van der Waals surface area contributed by atoms with Crippen LogP contribution in [-0.4, -0.2) is 36.2 Å². The molecule has 1 heterocycles. The van der Waals surface area contributed by atoms with Crippen molar-refractivity contribution in [3.05, 3.63) is 48.6 Å². The van der Waals surface area contributed by atoms with Gasteiger partial charge in [-0.15, -0.1) is 0 Å². The van der Waals surface area contributed by atoms with Gasteiger partial charge in [-0.2, -0.15) is 0 Å². The van der Waals surface area contributed by atoms with Crippen LogP contribution in [0.3, 0.4) is 0 Å². The molecule has 2 aliphatic carbocycles. The summed E-state index contributed by atoms with van der Waals surface area (Å²) >= 11 is 0. The Morgan fingerprint density at radius 2 is 1.78 bits per heavy atom. The molecule has 0 amide bonds. The van der Waals surface area contributed by atoms with Crippen molar-refractivity contribution in [1.29, 1.82) is 0 Å². The SMILES string of the molecule is C=C(C)C(=O)OC1CC(=C)C2CC(OC(C)=O)C(=C)C2C2OC(=O)C(=C)C12. The summed E-state index contributed by atoms with van der Waals surface area (Å²) in [6.07, 6.45) is -0.744. The molecule has 1 aliphatic heterocycles. The summed E-state index contributed by atoms with van der Waals surface area (Å²) in [5.41, 5.74) is 2.10. The molecule has 0 aromatic heterocycles. The van der Waals surface area contributed by atoms with Gasteiger partial charge in [0.2, 0.25) is 0 Å². The van der Waals surface area contributed by atoms with Crippen LogP contribution in [0.4, 0.5) is 0 Å². The third kappa shape index (κ3) is 3.24. The standard InChI is InChI=1S/C21H24O6/c1-9(2)20(23)26-16-7-10(3)14-8-15(25-13(6)22)11(4)17(14)19-18(16)12(5)21(24)27-19/h14-19H,1,3-5,7-8H2,2,6H3. The van der Waals surface area contributed by atoms with Gasteiger partial charge < -0.3 is 14.2 Å². The summed E-state index contributed by atoms with van der Waals surface area (Å²) in [6, 6.07) is 0. The minimum absolute atomic E-state index is 0.0819. The highest BCUT2D eigenvalue weighted by Crippen LogP contribution is 2.53. The van der Waals surface area contributed by atoms with Gasteiger partial charge in [-0.3, -0.25) is 4.79 Å². The zero-order valence-corrected chi connectivity index (χ0v) is 15.7. The molecule has 144 valence electrons. The fourth-order valence-corrected chi connectivity index (χ4v) is 4.42. The molecule has 1 saturated heterocycles. The number of rotatable bonds is 3. The van der Waals surface area contributed by atoms with Crippen LogP contribution in [0.15, 0.2) is 48.6 Å². The molecular weight excluding hydrogens is 348 g/mol. The van der Waals surface area contributed by atoms with E-state index in [9.17, 15) is 14.4 Å². The lowest BCUT2D eigenvalue weighted by Gasteiger charge is -2.28. The maximum absolute atomic E-state index is 12.2. The van der Waals surface area contributed by atoms with Gasteiger partial charge in [-0.25, -0.2) is 9.59 Å². The Kier molecular flexibility index (Phi) is 4.84. The molecule has 3 fully saturated rings. The van der Waals surface area contributed by atoms with E-state index in [1.54, 1.807) is 6.92 Å². The first-order valence-corrected chi connectivity index (χ1v) is 8.91. The first kappa shape index (κ1) is 19.1. The molecule has 2 saturated carbocycles. The van der Waals surface area contributed by atoms with E-state index < -0.39 is 36.2 Å². The Bertz CT molecular complexity index is 776. The lowest BCUT2D eigenvalue weighted by Crippen LogP contribution is -2.36. The molecule has 6 atom stereocenters. The molecule has 3 rings (SSSR count). The average Bonchev–Trinajstić information content (AvgIpc) is 3.00. The van der Waals surface area contributed by atoms with E-state index in [0.29, 0.717) is 18.4 Å². The van der Waals surface area contributed by atoms with Gasteiger partial charge in [0.1, 0.15) is 18.3 Å². The van der Waals surface area contributed by atoms with Crippen LogP contribution in [0, 0.1) is 17.8 Å². The van der Waals surface area contributed by atoms with Crippen LogP contribution in [0.25, 0.3) is 0 Å². The third-order valence-electron chi connectivity index (χ3n) is 5.66. The molecular formula is C21H24O6. The van der Waals surface area contributed by atoms with Crippen LogP contribution < -0.4 is 0 Å². The number of esters is 3. The maximum Gasteiger partial charge on any atom is 0.334 e. The average molecular weight is 372 g/mol. The monoisotopic (exact) mass is 372 g/mol. The predicted octanol–water partition coefficient (Wildman–Crippen LogP) is 2.66. The van der Waals surface area contributed by atoms with Crippen LogP contribution in [0.2, 0.25) is 0 Å². The van der Waals surface area contributed by atoms with Gasteiger partial charge in [0.05, 0.1) is 5.92 Å². The topological polar surface area (TPSA) is 78.9 Å². The molecule has 0 radical (unpaired) electrons. The number of carbonyl (C=O) groups is 3. The Morgan fingerprint density at radius 3 is 2.37 bits per heavy atom. The molecule has 0 N–H and O–H groups in total. The minimum Gasteiger partial charge on any atom is -0.458 e. The van der Waals surface area contributed by atoms with Crippen LogP contribution >= 0.6 is 0 Å². The van der Waals surface area contributed by atoms with E-state index in [-0.39, 0.29) is 29.0 Å². The van der Waals surface area contributed by atoms with Crippen molar-refractivity contribution in [2.24, 2.45) is 17.8 Å². The molecule has 6 heteroatoms. The van der Waals surface area contributed by atoms with Crippen molar-refractivity contribution in [3.8, 4) is 0 Å². The first-order valence-electron chi connectivity index (χ1n) is 8.91. The number of hydrogen-bond acceptors (Lipinski definition) is 6. The normalized spacial score (nSPS) is 35.0. The van der Waals surface area contributed by atoms with E-state index in [2.05, 4.69) is 26.3 Å². The molecule has 6 unspecified atom stereocenters. The number of carbonyl (C=O) groups excluding carboxylic acids is 3. The van der Waals surface area contributed by atoms with Gasteiger partial charge in [-0.05, 0) is 24.8 Å². The summed E-state index contributed by atoms with van der Waals surface area (Å²) in [6.45, 7) is 18.7. The van der Waals surface area contributed by atoms with E-state index in [4.69, 9.17) is 14.2 Å². The molecule has 27 heavy (non-hydrogen) atoms. The largest absolute Gasteiger partial charge is 0.458 e. The maximum atomic E-state index is 12.2. The summed E-state index contributed by atoms with van der Waals surface area (Å²) in [7, 11) is 0.